The van der Waals surface area contributed by atoms with Gasteiger partial charge in [-0.05, 0) is 13.8 Å². The van der Waals surface area contributed by atoms with E-state index in [-0.39, 0.29) is 11.4 Å². The molecule has 0 fully saturated rings. The third kappa shape index (κ3) is 4.81. The first kappa shape index (κ1) is 9.97. The second-order valence-corrected chi connectivity index (χ2v) is 4.24. The van der Waals surface area contributed by atoms with Crippen LogP contribution in [0.2, 0.25) is 0 Å². The Morgan fingerprint density at radius 2 is 2.30 bits per heavy atom. The third-order valence-electron chi connectivity index (χ3n) is 0.790. The Labute approximate surface area is 68.9 Å². The van der Waals surface area contributed by atoms with Crippen molar-refractivity contribution in [3.63, 3.8) is 0 Å². The molecule has 0 aromatic rings. The molecular formula is C5H10O3S2. The van der Waals surface area contributed by atoms with E-state index in [0.717, 1.165) is 0 Å². The summed E-state index contributed by atoms with van der Waals surface area (Å²) in [6.07, 6.45) is -1.24. The monoisotopic (exact) mass is 182 g/mol. The van der Waals surface area contributed by atoms with Gasteiger partial charge in [0.25, 0.3) is 0 Å². The molecule has 0 aromatic carbocycles. The Hall–Kier alpha value is -0.0300. The van der Waals surface area contributed by atoms with Gasteiger partial charge in [0, 0.05) is 0 Å². The molecule has 5 heteroatoms. The summed E-state index contributed by atoms with van der Waals surface area (Å²) in [5.41, 5.74) is 0. The molecule has 0 bridgehead atoms. The minimum Gasteiger partial charge on any atom is -0.450 e. The lowest BCUT2D eigenvalue weighted by atomic mass is 10.2. The van der Waals surface area contributed by atoms with E-state index < -0.39 is 6.16 Å². The maximum Gasteiger partial charge on any atom is 0.505 e. The third-order valence-corrected chi connectivity index (χ3v) is 2.89. The van der Waals surface area contributed by atoms with Crippen LogP contribution in [0.15, 0.2) is 0 Å². The first-order chi connectivity index (χ1) is 4.48. The van der Waals surface area contributed by atoms with E-state index in [4.69, 9.17) is 5.11 Å². The second kappa shape index (κ2) is 3.98. The Morgan fingerprint density at radius 1 is 1.80 bits per heavy atom. The van der Waals surface area contributed by atoms with Crippen molar-refractivity contribution >= 4 is 28.6 Å². The van der Waals surface area contributed by atoms with Gasteiger partial charge in [-0.1, -0.05) is 10.8 Å². The minimum absolute atomic E-state index is 0.163. The highest BCUT2D eigenvalue weighted by atomic mass is 33.1. The van der Waals surface area contributed by atoms with Crippen molar-refractivity contribution in [2.24, 2.45) is 0 Å². The van der Waals surface area contributed by atoms with Crippen LogP contribution in [0.1, 0.15) is 13.8 Å². The van der Waals surface area contributed by atoms with E-state index in [9.17, 15) is 4.79 Å². The molecule has 0 atom stereocenters. The molecule has 10 heavy (non-hydrogen) atoms. The number of carboxylic acid groups (broad SMARTS) is 1. The molecule has 0 spiro atoms. The number of hydrogen-bond acceptors (Lipinski definition) is 4. The predicted molar refractivity (Wildman–Crippen MR) is 44.6 cm³/mol. The molecule has 0 aromatic heterocycles. The van der Waals surface area contributed by atoms with Crippen molar-refractivity contribution in [3.8, 4) is 0 Å². The smallest absolute Gasteiger partial charge is 0.450 e. The Kier molecular flexibility index (Phi) is 3.96. The highest BCUT2D eigenvalue weighted by Crippen LogP contribution is 2.27. The first-order valence-electron chi connectivity index (χ1n) is 2.66. The topological polar surface area (TPSA) is 46.5 Å². The highest BCUT2D eigenvalue weighted by molar-refractivity contribution is 8.69. The molecule has 0 saturated heterocycles. The van der Waals surface area contributed by atoms with E-state index in [1.165, 1.54) is 10.8 Å². The van der Waals surface area contributed by atoms with Crippen LogP contribution in [0.3, 0.4) is 0 Å². The SMILES string of the molecule is CC(C)(COC(=O)O)SS. The Balaban J connectivity index is 3.56. The number of carbonyl (C=O) groups is 1. The van der Waals surface area contributed by atoms with Crippen molar-refractivity contribution in [1.29, 1.82) is 0 Å². The molecule has 3 nitrogen and oxygen atoms in total. The fourth-order valence-electron chi connectivity index (χ4n) is 0.262. The summed E-state index contributed by atoms with van der Waals surface area (Å²) in [6, 6.07) is 0. The van der Waals surface area contributed by atoms with Crippen molar-refractivity contribution in [2.75, 3.05) is 6.61 Å². The molecule has 0 saturated carbocycles. The molecule has 0 amide bonds. The lowest BCUT2D eigenvalue weighted by Gasteiger charge is -2.18. The van der Waals surface area contributed by atoms with Crippen LogP contribution in [0.25, 0.3) is 0 Å². The summed E-state index contributed by atoms with van der Waals surface area (Å²) in [5, 5.41) is 8.12. The van der Waals surface area contributed by atoms with Crippen molar-refractivity contribution in [1.82, 2.24) is 0 Å². The summed E-state index contributed by atoms with van der Waals surface area (Å²) in [7, 11) is 1.28. The van der Waals surface area contributed by atoms with Crippen LogP contribution < -0.4 is 0 Å². The van der Waals surface area contributed by atoms with E-state index in [0.29, 0.717) is 0 Å². The van der Waals surface area contributed by atoms with Crippen LogP contribution in [-0.4, -0.2) is 22.6 Å². The number of thiol groups is 1. The molecule has 0 radical (unpaired) electrons. The van der Waals surface area contributed by atoms with Gasteiger partial charge in [0.15, 0.2) is 0 Å². The molecule has 60 valence electrons. The zero-order valence-electron chi connectivity index (χ0n) is 5.83. The fourth-order valence-corrected chi connectivity index (χ4v) is 0.532. The first-order valence-corrected chi connectivity index (χ1v) is 4.53. The van der Waals surface area contributed by atoms with Gasteiger partial charge in [-0.2, -0.15) is 0 Å². The summed E-state index contributed by atoms with van der Waals surface area (Å²) in [6.45, 7) is 3.87. The van der Waals surface area contributed by atoms with Gasteiger partial charge >= 0.3 is 6.16 Å². The molecule has 0 aliphatic heterocycles. The second-order valence-electron chi connectivity index (χ2n) is 2.41. The van der Waals surface area contributed by atoms with Gasteiger partial charge in [-0.3, -0.25) is 0 Å². The zero-order valence-corrected chi connectivity index (χ0v) is 7.54. The fraction of sp³-hybridized carbons (Fsp3) is 0.800. The molecule has 0 aliphatic carbocycles. The highest BCUT2D eigenvalue weighted by Gasteiger charge is 2.18. The molecule has 0 aliphatic rings. The normalized spacial score (nSPS) is 11.1. The maximum absolute atomic E-state index is 9.91. The molecule has 0 heterocycles. The van der Waals surface area contributed by atoms with Gasteiger partial charge in [-0.25, -0.2) is 4.79 Å². The summed E-state index contributed by atoms with van der Waals surface area (Å²) in [4.78, 5) is 9.91. The summed E-state index contributed by atoms with van der Waals surface area (Å²) in [5.74, 6) is 0. The van der Waals surface area contributed by atoms with Crippen LogP contribution in [0.4, 0.5) is 4.79 Å². The van der Waals surface area contributed by atoms with Gasteiger partial charge < -0.3 is 9.84 Å². The molecule has 0 rings (SSSR count). The largest absolute Gasteiger partial charge is 0.505 e. The van der Waals surface area contributed by atoms with Gasteiger partial charge in [0.2, 0.25) is 0 Å². The Bertz CT molecular complexity index is 124. The van der Waals surface area contributed by atoms with E-state index in [2.05, 4.69) is 16.4 Å². The Morgan fingerprint density at radius 3 is 2.60 bits per heavy atom. The standard InChI is InChI=1S/C5H10O3S2/c1-5(2,10-9)3-8-4(6)7/h9H,3H2,1-2H3,(H,6,7). The van der Waals surface area contributed by atoms with E-state index >= 15 is 0 Å². The number of rotatable bonds is 3. The number of hydrogen-bond donors (Lipinski definition) is 2. The maximum atomic E-state index is 9.91. The van der Waals surface area contributed by atoms with Gasteiger partial charge in [-0.15, -0.1) is 11.7 Å². The van der Waals surface area contributed by atoms with Gasteiger partial charge in [0.05, 0.1) is 4.75 Å². The zero-order chi connectivity index (χ0) is 8.20. The predicted octanol–water partition coefficient (Wildman–Crippen LogP) is 2.04. The van der Waals surface area contributed by atoms with E-state index in [1.807, 2.05) is 13.8 Å². The summed E-state index contributed by atoms with van der Waals surface area (Å²) >= 11 is 3.95. The lowest BCUT2D eigenvalue weighted by molar-refractivity contribution is 0.0857. The van der Waals surface area contributed by atoms with Crippen molar-refractivity contribution in [3.05, 3.63) is 0 Å². The van der Waals surface area contributed by atoms with Crippen molar-refractivity contribution in [2.45, 2.75) is 18.6 Å². The lowest BCUT2D eigenvalue weighted by Crippen LogP contribution is -2.22. The van der Waals surface area contributed by atoms with Crippen LogP contribution in [0.5, 0.6) is 0 Å². The average molecular weight is 182 g/mol. The van der Waals surface area contributed by atoms with Crippen LogP contribution in [0, 0.1) is 0 Å². The quantitative estimate of drug-likeness (QED) is 0.398. The number of ether oxygens (including phenoxy) is 1. The molecule has 0 unspecified atom stereocenters. The van der Waals surface area contributed by atoms with Crippen LogP contribution in [-0.2, 0) is 4.74 Å². The van der Waals surface area contributed by atoms with Crippen molar-refractivity contribution < 1.29 is 14.6 Å². The van der Waals surface area contributed by atoms with E-state index in [1.54, 1.807) is 0 Å². The summed E-state index contributed by atoms with van der Waals surface area (Å²) < 4.78 is 4.10. The average Bonchev–Trinajstić information content (AvgIpc) is 1.85. The minimum atomic E-state index is -1.24. The molecule has 1 N–H and O–H groups in total. The molecular weight excluding hydrogens is 172 g/mol. The van der Waals surface area contributed by atoms with Gasteiger partial charge in [0.1, 0.15) is 6.61 Å². The van der Waals surface area contributed by atoms with Crippen LogP contribution >= 0.6 is 22.5 Å².